The molecule has 1 saturated heterocycles. The predicted molar refractivity (Wildman–Crippen MR) is 78.1 cm³/mol. The number of morpholine rings is 1. The number of nitrogens with one attached hydrogen (secondary N) is 1. The average Bonchev–Trinajstić information content (AvgIpc) is 2.49. The molecule has 2 rings (SSSR count). The van der Waals surface area contributed by atoms with Crippen LogP contribution in [0.15, 0.2) is 0 Å². The summed E-state index contributed by atoms with van der Waals surface area (Å²) in [5.41, 5.74) is 0. The smallest absolute Gasteiger partial charge is 0.328 e. The molecule has 2 aliphatic rings. The van der Waals surface area contributed by atoms with E-state index in [4.69, 9.17) is 9.84 Å². The molecule has 1 unspecified atom stereocenters. The molecule has 2 N–H and O–H groups in total. The zero-order valence-electron chi connectivity index (χ0n) is 12.7. The number of hydrogen-bond donors (Lipinski definition) is 2. The first-order valence-electron chi connectivity index (χ1n) is 7.93. The van der Waals surface area contributed by atoms with Crippen LogP contribution >= 0.6 is 0 Å². The fourth-order valence-electron chi connectivity index (χ4n) is 3.15. The largest absolute Gasteiger partial charge is 0.480 e. The number of carboxylic acid groups (broad SMARTS) is 1. The molecule has 0 aromatic carbocycles. The Labute approximate surface area is 125 Å². The van der Waals surface area contributed by atoms with Gasteiger partial charge in [0.2, 0.25) is 0 Å². The van der Waals surface area contributed by atoms with Crippen molar-refractivity contribution >= 4 is 12.0 Å². The van der Waals surface area contributed by atoms with Gasteiger partial charge in [0, 0.05) is 13.1 Å². The van der Waals surface area contributed by atoms with Crippen LogP contribution in [0.3, 0.4) is 0 Å². The molecule has 0 aromatic rings. The van der Waals surface area contributed by atoms with Crippen molar-refractivity contribution in [1.29, 1.82) is 0 Å². The molecule has 1 heterocycles. The number of urea groups is 1. The normalized spacial score (nSPS) is 30.0. The fraction of sp³-hybridized carbons (Fsp3) is 0.867. The van der Waals surface area contributed by atoms with E-state index in [2.05, 4.69) is 12.2 Å². The molecule has 21 heavy (non-hydrogen) atoms. The van der Waals surface area contributed by atoms with Gasteiger partial charge in [-0.2, -0.15) is 0 Å². The molecule has 1 atom stereocenters. The van der Waals surface area contributed by atoms with Gasteiger partial charge in [0.15, 0.2) is 6.04 Å². The van der Waals surface area contributed by atoms with Crippen LogP contribution in [0.4, 0.5) is 4.79 Å². The summed E-state index contributed by atoms with van der Waals surface area (Å²) in [7, 11) is 0. The lowest BCUT2D eigenvalue weighted by molar-refractivity contribution is -0.147. The highest BCUT2D eigenvalue weighted by Crippen LogP contribution is 2.29. The van der Waals surface area contributed by atoms with E-state index in [1.807, 2.05) is 0 Å². The second-order valence-corrected chi connectivity index (χ2v) is 6.27. The topological polar surface area (TPSA) is 78.9 Å². The minimum absolute atomic E-state index is 0.0727. The van der Waals surface area contributed by atoms with Crippen molar-refractivity contribution in [2.45, 2.75) is 45.1 Å². The van der Waals surface area contributed by atoms with Crippen LogP contribution in [-0.2, 0) is 9.53 Å². The molecule has 1 aliphatic heterocycles. The van der Waals surface area contributed by atoms with E-state index < -0.39 is 12.0 Å². The molecule has 0 bridgehead atoms. The van der Waals surface area contributed by atoms with Gasteiger partial charge in [0.25, 0.3) is 0 Å². The van der Waals surface area contributed by atoms with Gasteiger partial charge in [-0.1, -0.05) is 32.6 Å². The van der Waals surface area contributed by atoms with Crippen molar-refractivity contribution in [3.63, 3.8) is 0 Å². The van der Waals surface area contributed by atoms with Crippen LogP contribution in [0.2, 0.25) is 0 Å². The van der Waals surface area contributed by atoms with E-state index in [-0.39, 0.29) is 12.6 Å². The van der Waals surface area contributed by atoms with Gasteiger partial charge in [-0.3, -0.25) is 0 Å². The third-order valence-electron chi connectivity index (χ3n) is 4.64. The van der Waals surface area contributed by atoms with Crippen LogP contribution in [0.1, 0.15) is 39.0 Å². The van der Waals surface area contributed by atoms with E-state index in [1.165, 1.54) is 30.6 Å². The first-order valence-corrected chi connectivity index (χ1v) is 7.93. The Bertz CT molecular complexity index is 367. The second kappa shape index (κ2) is 7.64. The molecule has 6 nitrogen and oxygen atoms in total. The Morgan fingerprint density at radius 1 is 1.29 bits per heavy atom. The lowest BCUT2D eigenvalue weighted by Crippen LogP contribution is -2.55. The maximum atomic E-state index is 12.1. The summed E-state index contributed by atoms with van der Waals surface area (Å²) < 4.78 is 5.13. The number of hydrogen-bond acceptors (Lipinski definition) is 3. The van der Waals surface area contributed by atoms with Gasteiger partial charge in [-0.05, 0) is 18.3 Å². The SMILES string of the molecule is CC1CCC(CCNC(=O)N2CCOCC2C(=O)O)CC1. The Morgan fingerprint density at radius 3 is 2.67 bits per heavy atom. The molecule has 6 heteroatoms. The van der Waals surface area contributed by atoms with Gasteiger partial charge in [0.1, 0.15) is 0 Å². The zero-order chi connectivity index (χ0) is 15.2. The van der Waals surface area contributed by atoms with Crippen LogP contribution in [0.25, 0.3) is 0 Å². The molecular weight excluding hydrogens is 272 g/mol. The summed E-state index contributed by atoms with van der Waals surface area (Å²) in [6, 6.07) is -1.15. The predicted octanol–water partition coefficient (Wildman–Crippen LogP) is 1.70. The van der Waals surface area contributed by atoms with Crippen LogP contribution < -0.4 is 5.32 Å². The number of nitrogens with zero attached hydrogens (tertiary/aromatic N) is 1. The zero-order valence-corrected chi connectivity index (χ0v) is 12.7. The highest BCUT2D eigenvalue weighted by molar-refractivity contribution is 5.82. The highest BCUT2D eigenvalue weighted by Gasteiger charge is 2.32. The van der Waals surface area contributed by atoms with Crippen molar-refractivity contribution in [2.75, 3.05) is 26.3 Å². The molecule has 1 saturated carbocycles. The number of rotatable bonds is 4. The molecule has 0 radical (unpaired) electrons. The standard InChI is InChI=1S/C15H26N2O4/c1-11-2-4-12(5-3-11)6-7-16-15(20)17-8-9-21-10-13(17)14(18)19/h11-13H,2-10H2,1H3,(H,16,20)(H,18,19). The lowest BCUT2D eigenvalue weighted by Gasteiger charge is -2.33. The number of carbonyl (C=O) groups is 2. The van der Waals surface area contributed by atoms with E-state index in [0.29, 0.717) is 25.6 Å². The average molecular weight is 298 g/mol. The summed E-state index contributed by atoms with van der Waals surface area (Å²) >= 11 is 0. The van der Waals surface area contributed by atoms with Crippen molar-refractivity contribution in [2.24, 2.45) is 11.8 Å². The van der Waals surface area contributed by atoms with Gasteiger partial charge in [0.05, 0.1) is 13.2 Å². The summed E-state index contributed by atoms with van der Waals surface area (Å²) in [6.07, 6.45) is 6.03. The first-order chi connectivity index (χ1) is 10.1. The monoisotopic (exact) mass is 298 g/mol. The molecule has 0 aromatic heterocycles. The van der Waals surface area contributed by atoms with Gasteiger partial charge in [-0.25, -0.2) is 9.59 Å². The molecule has 0 spiro atoms. The van der Waals surface area contributed by atoms with E-state index >= 15 is 0 Å². The van der Waals surface area contributed by atoms with Crippen molar-refractivity contribution < 1.29 is 19.4 Å². The van der Waals surface area contributed by atoms with Crippen LogP contribution in [0.5, 0.6) is 0 Å². The number of ether oxygens (including phenoxy) is 1. The van der Waals surface area contributed by atoms with Crippen molar-refractivity contribution in [3.8, 4) is 0 Å². The number of carbonyl (C=O) groups excluding carboxylic acids is 1. The van der Waals surface area contributed by atoms with E-state index in [0.717, 1.165) is 12.3 Å². The van der Waals surface area contributed by atoms with Crippen molar-refractivity contribution in [3.05, 3.63) is 0 Å². The Balaban J connectivity index is 1.72. The number of amides is 2. The summed E-state index contributed by atoms with van der Waals surface area (Å²) in [4.78, 5) is 24.6. The number of carboxylic acids is 1. The van der Waals surface area contributed by atoms with Crippen LogP contribution in [0, 0.1) is 11.8 Å². The van der Waals surface area contributed by atoms with E-state index in [9.17, 15) is 9.59 Å². The Hall–Kier alpha value is -1.30. The molecule has 2 amide bonds. The van der Waals surface area contributed by atoms with Crippen molar-refractivity contribution in [1.82, 2.24) is 10.2 Å². The van der Waals surface area contributed by atoms with Gasteiger partial charge >= 0.3 is 12.0 Å². The summed E-state index contributed by atoms with van der Waals surface area (Å²) in [5.74, 6) is 0.521. The third-order valence-corrected chi connectivity index (χ3v) is 4.64. The summed E-state index contributed by atoms with van der Waals surface area (Å²) in [5, 5.41) is 12.0. The van der Waals surface area contributed by atoms with Gasteiger partial charge < -0.3 is 20.1 Å². The minimum atomic E-state index is -1.01. The summed E-state index contributed by atoms with van der Waals surface area (Å²) in [6.45, 7) is 3.73. The lowest BCUT2D eigenvalue weighted by atomic mass is 9.81. The maximum Gasteiger partial charge on any atom is 0.328 e. The fourth-order valence-corrected chi connectivity index (χ4v) is 3.15. The quantitative estimate of drug-likeness (QED) is 0.828. The number of aliphatic carboxylic acids is 1. The third kappa shape index (κ3) is 4.59. The van der Waals surface area contributed by atoms with Crippen LogP contribution in [-0.4, -0.2) is 54.4 Å². The molecule has 1 aliphatic carbocycles. The van der Waals surface area contributed by atoms with E-state index in [1.54, 1.807) is 0 Å². The minimum Gasteiger partial charge on any atom is -0.480 e. The Kier molecular flexibility index (Phi) is 5.85. The first kappa shape index (κ1) is 16.1. The van der Waals surface area contributed by atoms with Gasteiger partial charge in [-0.15, -0.1) is 0 Å². The molecule has 120 valence electrons. The molecule has 2 fully saturated rings. The maximum absolute atomic E-state index is 12.1. The highest BCUT2D eigenvalue weighted by atomic mass is 16.5. The molecular formula is C15H26N2O4. The second-order valence-electron chi connectivity index (χ2n) is 6.27. The Morgan fingerprint density at radius 2 is 2.00 bits per heavy atom.